The number of hydrogen-bond acceptors (Lipinski definition) is 2. The smallest absolute Gasteiger partial charge is 0.0663 e. The first kappa shape index (κ1) is 11.2. The molecule has 0 saturated carbocycles. The summed E-state index contributed by atoms with van der Waals surface area (Å²) in [6, 6.07) is 11.1. The van der Waals surface area contributed by atoms with Crippen LogP contribution in [0.2, 0.25) is 0 Å². The second-order valence-corrected chi connectivity index (χ2v) is 5.08. The molecule has 0 aliphatic carbocycles. The highest BCUT2D eigenvalue weighted by Gasteiger charge is 2.10. The van der Waals surface area contributed by atoms with Crippen LogP contribution in [0.5, 0.6) is 0 Å². The zero-order chi connectivity index (χ0) is 11.5. The average molecular weight is 229 g/mol. The van der Waals surface area contributed by atoms with E-state index in [1.807, 2.05) is 18.3 Å². The molecule has 1 heterocycles. The Kier molecular flexibility index (Phi) is 3.28. The van der Waals surface area contributed by atoms with Gasteiger partial charge in [0, 0.05) is 15.6 Å². The fraction of sp³-hybridized carbons (Fsp3) is 0.286. The van der Waals surface area contributed by atoms with E-state index < -0.39 is 0 Å². The van der Waals surface area contributed by atoms with Crippen molar-refractivity contribution in [3.63, 3.8) is 0 Å². The van der Waals surface area contributed by atoms with Gasteiger partial charge in [-0.15, -0.1) is 17.8 Å². The molecule has 0 saturated heterocycles. The summed E-state index contributed by atoms with van der Waals surface area (Å²) in [5.41, 5.74) is 0. The topological polar surface area (TPSA) is 12.0 Å². The molecule has 2 unspecified atom stereocenters. The Bertz CT molecular complexity index is 488. The summed E-state index contributed by atoms with van der Waals surface area (Å²) in [5, 5.41) is 4.69. The number of nitrogens with one attached hydrogen (secondary N) is 1. The minimum absolute atomic E-state index is 0.111. The molecule has 1 nitrogen and oxygen atoms in total. The zero-order valence-corrected chi connectivity index (χ0v) is 10.3. The number of hydrogen-bond donors (Lipinski definition) is 1. The summed E-state index contributed by atoms with van der Waals surface area (Å²) in [5.74, 6) is 2.69. The Hall–Kier alpha value is -1.30. The Morgan fingerprint density at radius 2 is 2.06 bits per heavy atom. The van der Waals surface area contributed by atoms with Crippen LogP contribution in [0.15, 0.2) is 30.3 Å². The first-order valence-electron chi connectivity index (χ1n) is 5.41. The summed E-state index contributed by atoms with van der Waals surface area (Å²) < 4.78 is 1.33. The van der Waals surface area contributed by atoms with Gasteiger partial charge in [-0.1, -0.05) is 24.1 Å². The molecule has 2 atom stereocenters. The van der Waals surface area contributed by atoms with E-state index >= 15 is 0 Å². The SMILES string of the molecule is C#CC(C)NC(C)c1cc2ccccc2s1. The number of rotatable bonds is 3. The molecule has 16 heavy (non-hydrogen) atoms. The maximum Gasteiger partial charge on any atom is 0.0663 e. The van der Waals surface area contributed by atoms with Gasteiger partial charge in [-0.2, -0.15) is 0 Å². The van der Waals surface area contributed by atoms with Crippen molar-refractivity contribution in [3.05, 3.63) is 35.2 Å². The van der Waals surface area contributed by atoms with Crippen LogP contribution >= 0.6 is 11.3 Å². The second-order valence-electron chi connectivity index (χ2n) is 3.96. The molecule has 2 rings (SSSR count). The van der Waals surface area contributed by atoms with E-state index in [1.54, 1.807) is 0 Å². The van der Waals surface area contributed by atoms with E-state index in [4.69, 9.17) is 6.42 Å². The molecule has 1 aromatic carbocycles. The van der Waals surface area contributed by atoms with E-state index in [0.717, 1.165) is 0 Å². The number of terminal acetylenes is 1. The molecule has 1 N–H and O–H groups in total. The van der Waals surface area contributed by atoms with Crippen molar-refractivity contribution >= 4 is 21.4 Å². The van der Waals surface area contributed by atoms with E-state index in [0.29, 0.717) is 6.04 Å². The highest BCUT2D eigenvalue weighted by Crippen LogP contribution is 2.29. The lowest BCUT2D eigenvalue weighted by atomic mass is 10.2. The first-order chi connectivity index (χ1) is 7.70. The van der Waals surface area contributed by atoms with Gasteiger partial charge in [-0.25, -0.2) is 0 Å². The fourth-order valence-electron chi connectivity index (χ4n) is 1.72. The third kappa shape index (κ3) is 2.27. The number of fused-ring (bicyclic) bond motifs is 1. The van der Waals surface area contributed by atoms with Crippen LogP contribution < -0.4 is 5.32 Å². The Balaban J connectivity index is 2.23. The van der Waals surface area contributed by atoms with Crippen LogP contribution in [0.25, 0.3) is 10.1 Å². The summed E-state index contributed by atoms with van der Waals surface area (Å²) in [6.07, 6.45) is 5.36. The van der Waals surface area contributed by atoms with Gasteiger partial charge in [-0.05, 0) is 31.4 Å². The quantitative estimate of drug-likeness (QED) is 0.793. The Labute approximate surface area is 100 Å². The largest absolute Gasteiger partial charge is 0.296 e. The fourth-order valence-corrected chi connectivity index (χ4v) is 2.80. The van der Waals surface area contributed by atoms with Crippen molar-refractivity contribution in [1.82, 2.24) is 5.32 Å². The van der Waals surface area contributed by atoms with Gasteiger partial charge in [0.15, 0.2) is 0 Å². The molecule has 0 radical (unpaired) electrons. The van der Waals surface area contributed by atoms with Crippen molar-refractivity contribution in [3.8, 4) is 12.3 Å². The van der Waals surface area contributed by atoms with Gasteiger partial charge in [0.05, 0.1) is 6.04 Å². The third-order valence-corrected chi connectivity index (χ3v) is 3.92. The Morgan fingerprint density at radius 1 is 1.31 bits per heavy atom. The van der Waals surface area contributed by atoms with Gasteiger partial charge in [0.1, 0.15) is 0 Å². The molecule has 1 aromatic heterocycles. The molecule has 82 valence electrons. The predicted molar refractivity (Wildman–Crippen MR) is 71.7 cm³/mol. The van der Waals surface area contributed by atoms with E-state index in [1.165, 1.54) is 15.0 Å². The van der Waals surface area contributed by atoms with Crippen molar-refractivity contribution < 1.29 is 0 Å². The lowest BCUT2D eigenvalue weighted by molar-refractivity contribution is 0.553. The van der Waals surface area contributed by atoms with Crippen LogP contribution in [0.1, 0.15) is 24.8 Å². The van der Waals surface area contributed by atoms with Crippen molar-refractivity contribution in [2.24, 2.45) is 0 Å². The molecule has 0 fully saturated rings. The lowest BCUT2D eigenvalue weighted by Gasteiger charge is -2.14. The predicted octanol–water partition coefficient (Wildman–Crippen LogP) is 3.57. The molecule has 0 aliphatic heterocycles. The summed E-state index contributed by atoms with van der Waals surface area (Å²) >= 11 is 1.83. The summed E-state index contributed by atoms with van der Waals surface area (Å²) in [4.78, 5) is 1.34. The highest BCUT2D eigenvalue weighted by atomic mass is 32.1. The van der Waals surface area contributed by atoms with Gasteiger partial charge >= 0.3 is 0 Å². The minimum atomic E-state index is 0.111. The standard InChI is InChI=1S/C14H15NS/c1-4-10(2)15-11(3)14-9-12-7-5-6-8-13(12)16-14/h1,5-11,15H,2-3H3. The summed E-state index contributed by atoms with van der Waals surface area (Å²) in [6.45, 7) is 4.16. The molecule has 0 spiro atoms. The highest BCUT2D eigenvalue weighted by molar-refractivity contribution is 7.19. The van der Waals surface area contributed by atoms with E-state index in [9.17, 15) is 0 Å². The Morgan fingerprint density at radius 3 is 2.75 bits per heavy atom. The maximum atomic E-state index is 5.36. The molecular weight excluding hydrogens is 214 g/mol. The molecule has 0 aliphatic rings. The van der Waals surface area contributed by atoms with E-state index in [-0.39, 0.29) is 6.04 Å². The lowest BCUT2D eigenvalue weighted by Crippen LogP contribution is -2.26. The van der Waals surface area contributed by atoms with Gasteiger partial charge in [-0.3, -0.25) is 5.32 Å². The van der Waals surface area contributed by atoms with Crippen LogP contribution in [0, 0.1) is 12.3 Å². The summed E-state index contributed by atoms with van der Waals surface area (Å²) in [7, 11) is 0. The van der Waals surface area contributed by atoms with Crippen LogP contribution in [-0.2, 0) is 0 Å². The monoisotopic (exact) mass is 229 g/mol. The third-order valence-electron chi connectivity index (χ3n) is 2.62. The minimum Gasteiger partial charge on any atom is -0.296 e. The molecule has 0 amide bonds. The van der Waals surface area contributed by atoms with Gasteiger partial charge in [0.2, 0.25) is 0 Å². The molecule has 2 aromatic rings. The van der Waals surface area contributed by atoms with Gasteiger partial charge < -0.3 is 0 Å². The average Bonchev–Trinajstić information content (AvgIpc) is 2.72. The van der Waals surface area contributed by atoms with Crippen LogP contribution in [-0.4, -0.2) is 6.04 Å². The molecular formula is C14H15NS. The maximum absolute atomic E-state index is 5.36. The molecule has 2 heteroatoms. The van der Waals surface area contributed by atoms with Crippen molar-refractivity contribution in [1.29, 1.82) is 0 Å². The molecule has 0 bridgehead atoms. The van der Waals surface area contributed by atoms with E-state index in [2.05, 4.69) is 48.5 Å². The van der Waals surface area contributed by atoms with Crippen LogP contribution in [0.3, 0.4) is 0 Å². The van der Waals surface area contributed by atoms with Crippen molar-refractivity contribution in [2.45, 2.75) is 25.9 Å². The number of benzene rings is 1. The van der Waals surface area contributed by atoms with Gasteiger partial charge in [0.25, 0.3) is 0 Å². The normalized spacial score (nSPS) is 14.6. The van der Waals surface area contributed by atoms with Crippen LogP contribution in [0.4, 0.5) is 0 Å². The second kappa shape index (κ2) is 4.69. The van der Waals surface area contributed by atoms with Crippen molar-refractivity contribution in [2.75, 3.05) is 0 Å². The zero-order valence-electron chi connectivity index (χ0n) is 9.53. The first-order valence-corrected chi connectivity index (χ1v) is 6.23. The number of thiophene rings is 1.